The molecule has 4 amide bonds. The molecule has 1 saturated heterocycles. The molecule has 4 unspecified atom stereocenters. The molecule has 0 aromatic heterocycles. The lowest BCUT2D eigenvalue weighted by molar-refractivity contribution is -0.143. The lowest BCUT2D eigenvalue weighted by Gasteiger charge is -2.28. The minimum atomic E-state index is -1.52. The number of nitrogens with two attached hydrogens (primary N) is 2. The molecule has 12 nitrogen and oxygen atoms in total. The van der Waals surface area contributed by atoms with Gasteiger partial charge in [0.1, 0.15) is 18.1 Å². The summed E-state index contributed by atoms with van der Waals surface area (Å²) in [6, 6.07) is -4.77. The van der Waals surface area contributed by atoms with Crippen molar-refractivity contribution >= 4 is 42.2 Å². The monoisotopic (exact) mass is 419 g/mol. The second kappa shape index (κ2) is 10.8. The van der Waals surface area contributed by atoms with Gasteiger partial charge in [0.15, 0.2) is 0 Å². The maximum atomic E-state index is 12.6. The molecule has 1 rings (SSSR count). The summed E-state index contributed by atoms with van der Waals surface area (Å²) in [6.07, 6.45) is 0.496. The van der Waals surface area contributed by atoms with Crippen LogP contribution in [0.3, 0.4) is 0 Å². The number of aliphatic hydroxyl groups excluding tert-OH is 1. The zero-order valence-corrected chi connectivity index (χ0v) is 15.9. The van der Waals surface area contributed by atoms with Gasteiger partial charge in [-0.3, -0.25) is 19.2 Å². The van der Waals surface area contributed by atoms with E-state index in [1.165, 1.54) is 4.90 Å². The Morgan fingerprint density at radius 3 is 2.32 bits per heavy atom. The van der Waals surface area contributed by atoms with Crippen molar-refractivity contribution < 1.29 is 34.2 Å². The van der Waals surface area contributed by atoms with E-state index in [2.05, 4.69) is 23.3 Å². The fourth-order valence-corrected chi connectivity index (χ4v) is 3.00. The maximum Gasteiger partial charge on any atom is 0.328 e. The van der Waals surface area contributed by atoms with E-state index in [0.717, 1.165) is 0 Å². The molecular weight excluding hydrogens is 394 g/mol. The molecule has 0 spiro atoms. The Balaban J connectivity index is 2.77. The summed E-state index contributed by atoms with van der Waals surface area (Å²) in [6.45, 7) is -0.566. The van der Waals surface area contributed by atoms with E-state index in [0.29, 0.717) is 12.8 Å². The first-order valence-corrected chi connectivity index (χ1v) is 9.15. The molecule has 0 saturated carbocycles. The zero-order chi connectivity index (χ0) is 21.4. The lowest BCUT2D eigenvalue weighted by atomic mass is 10.1. The van der Waals surface area contributed by atoms with Crippen LogP contribution in [0.1, 0.15) is 19.3 Å². The highest BCUT2D eigenvalue weighted by Crippen LogP contribution is 2.19. The molecule has 1 fully saturated rings. The number of carboxylic acid groups (broad SMARTS) is 1. The van der Waals surface area contributed by atoms with Crippen LogP contribution in [0.5, 0.6) is 0 Å². The first-order valence-electron chi connectivity index (χ1n) is 8.52. The van der Waals surface area contributed by atoms with Gasteiger partial charge in [-0.05, 0) is 12.8 Å². The molecular formula is C15H25N5O7S. The van der Waals surface area contributed by atoms with Crippen molar-refractivity contribution in [2.45, 2.75) is 43.4 Å². The predicted octanol–water partition coefficient (Wildman–Crippen LogP) is -3.84. The molecule has 1 aliphatic rings. The van der Waals surface area contributed by atoms with E-state index in [9.17, 15) is 24.0 Å². The van der Waals surface area contributed by atoms with Gasteiger partial charge in [-0.15, -0.1) is 0 Å². The lowest BCUT2D eigenvalue weighted by Crippen LogP contribution is -2.57. The van der Waals surface area contributed by atoms with Crippen molar-refractivity contribution in [1.82, 2.24) is 15.5 Å². The number of amides is 4. The fourth-order valence-electron chi connectivity index (χ4n) is 2.74. The summed E-state index contributed by atoms with van der Waals surface area (Å²) in [7, 11) is 0. The van der Waals surface area contributed by atoms with E-state index in [-0.39, 0.29) is 18.7 Å². The van der Waals surface area contributed by atoms with E-state index < -0.39 is 60.4 Å². The van der Waals surface area contributed by atoms with E-state index >= 15 is 0 Å². The minimum absolute atomic E-state index is 0.142. The predicted molar refractivity (Wildman–Crippen MR) is 99.0 cm³/mol. The number of carbonyl (C=O) groups excluding carboxylic acids is 4. The number of aliphatic hydroxyl groups is 1. The Hall–Kier alpha value is -2.38. The standard InChI is InChI=1S/C15H25N5O7S/c16-7(4-11(17)22)14(25)20-3-1-2-10(20)13(24)19-9(6-28)12(23)18-8(5-21)15(26)27/h7-10,21,28H,1-6,16H2,(H2,17,22)(H,18,23)(H,19,24)(H,26,27). The normalized spacial score (nSPS) is 19.4. The highest BCUT2D eigenvalue weighted by Gasteiger charge is 2.38. The zero-order valence-electron chi connectivity index (χ0n) is 15.0. The van der Waals surface area contributed by atoms with E-state index in [1.54, 1.807) is 0 Å². The van der Waals surface area contributed by atoms with Crippen molar-refractivity contribution in [1.29, 1.82) is 0 Å². The number of thiol groups is 1. The quantitative estimate of drug-likeness (QED) is 0.174. The Morgan fingerprint density at radius 1 is 1.18 bits per heavy atom. The minimum Gasteiger partial charge on any atom is -0.480 e. The van der Waals surface area contributed by atoms with Crippen molar-refractivity contribution in [2.24, 2.45) is 11.5 Å². The SMILES string of the molecule is NC(=O)CC(N)C(=O)N1CCCC1C(=O)NC(CS)C(=O)NC(CO)C(=O)O. The number of rotatable bonds is 10. The van der Waals surface area contributed by atoms with Crippen LogP contribution in [0.4, 0.5) is 0 Å². The van der Waals surface area contributed by atoms with Crippen LogP contribution in [0.15, 0.2) is 0 Å². The number of carbonyl (C=O) groups is 5. The van der Waals surface area contributed by atoms with Crippen molar-refractivity contribution in [3.63, 3.8) is 0 Å². The molecule has 158 valence electrons. The average Bonchev–Trinajstić information content (AvgIpc) is 3.11. The molecule has 28 heavy (non-hydrogen) atoms. The third-order valence-electron chi connectivity index (χ3n) is 4.19. The number of hydrogen-bond donors (Lipinski definition) is 7. The summed E-state index contributed by atoms with van der Waals surface area (Å²) in [5.41, 5.74) is 10.7. The van der Waals surface area contributed by atoms with Crippen LogP contribution in [-0.2, 0) is 24.0 Å². The summed E-state index contributed by atoms with van der Waals surface area (Å²) >= 11 is 3.97. The number of nitrogens with zero attached hydrogens (tertiary/aromatic N) is 1. The maximum absolute atomic E-state index is 12.6. The van der Waals surface area contributed by atoms with Crippen molar-refractivity contribution in [2.75, 3.05) is 18.9 Å². The van der Waals surface area contributed by atoms with E-state index in [4.69, 9.17) is 21.7 Å². The number of nitrogens with one attached hydrogen (secondary N) is 2. The summed E-state index contributed by atoms with van der Waals surface area (Å²) in [4.78, 5) is 60.1. The number of primary amides is 1. The average molecular weight is 419 g/mol. The van der Waals surface area contributed by atoms with Gasteiger partial charge >= 0.3 is 5.97 Å². The molecule has 1 heterocycles. The van der Waals surface area contributed by atoms with Gasteiger partial charge in [0.2, 0.25) is 23.6 Å². The van der Waals surface area contributed by atoms with Gasteiger partial charge in [0.05, 0.1) is 19.1 Å². The van der Waals surface area contributed by atoms with Gasteiger partial charge in [0.25, 0.3) is 0 Å². The van der Waals surface area contributed by atoms with E-state index in [1.807, 2.05) is 0 Å². The van der Waals surface area contributed by atoms with Crippen LogP contribution in [0.2, 0.25) is 0 Å². The molecule has 1 aliphatic heterocycles. The molecule has 0 aliphatic carbocycles. The Bertz CT molecular complexity index is 632. The first-order chi connectivity index (χ1) is 13.1. The van der Waals surface area contributed by atoms with Crippen LogP contribution in [0, 0.1) is 0 Å². The van der Waals surface area contributed by atoms with Crippen LogP contribution in [-0.4, -0.2) is 87.8 Å². The van der Waals surface area contributed by atoms with Gasteiger partial charge in [-0.25, -0.2) is 4.79 Å². The molecule has 8 N–H and O–H groups in total. The van der Waals surface area contributed by atoms with Crippen molar-refractivity contribution in [3.05, 3.63) is 0 Å². The number of hydrogen-bond acceptors (Lipinski definition) is 8. The molecule has 0 bridgehead atoms. The first kappa shape index (κ1) is 23.7. The van der Waals surface area contributed by atoms with Crippen molar-refractivity contribution in [3.8, 4) is 0 Å². The van der Waals surface area contributed by atoms with Gasteiger partial charge in [0, 0.05) is 12.3 Å². The van der Waals surface area contributed by atoms with Gasteiger partial charge < -0.3 is 37.2 Å². The van der Waals surface area contributed by atoms with Crippen LogP contribution >= 0.6 is 12.6 Å². The molecule has 0 aromatic rings. The topological polar surface area (TPSA) is 205 Å². The third-order valence-corrected chi connectivity index (χ3v) is 4.55. The van der Waals surface area contributed by atoms with Gasteiger partial charge in [-0.1, -0.05) is 0 Å². The summed E-state index contributed by atoms with van der Waals surface area (Å²) in [5, 5.41) is 22.3. The Morgan fingerprint density at radius 2 is 1.82 bits per heavy atom. The smallest absolute Gasteiger partial charge is 0.328 e. The van der Waals surface area contributed by atoms with Gasteiger partial charge in [-0.2, -0.15) is 12.6 Å². The number of likely N-dealkylation sites (tertiary alicyclic amines) is 1. The fraction of sp³-hybridized carbons (Fsp3) is 0.667. The largest absolute Gasteiger partial charge is 0.480 e. The second-order valence-corrected chi connectivity index (χ2v) is 6.66. The highest BCUT2D eigenvalue weighted by molar-refractivity contribution is 7.80. The Labute approximate surface area is 166 Å². The highest BCUT2D eigenvalue weighted by atomic mass is 32.1. The Kier molecular flexibility index (Phi) is 9.15. The molecule has 0 radical (unpaired) electrons. The second-order valence-electron chi connectivity index (χ2n) is 6.29. The third kappa shape index (κ3) is 6.35. The van der Waals surface area contributed by atoms with Crippen LogP contribution < -0.4 is 22.1 Å². The molecule has 0 aromatic carbocycles. The summed E-state index contributed by atoms with van der Waals surface area (Å²) < 4.78 is 0. The summed E-state index contributed by atoms with van der Waals surface area (Å²) in [5.74, 6) is -4.40. The number of carboxylic acids is 1. The molecule has 13 heteroatoms. The van der Waals surface area contributed by atoms with Crippen LogP contribution in [0.25, 0.3) is 0 Å². The molecule has 4 atom stereocenters. The number of aliphatic carboxylic acids is 1.